The highest BCUT2D eigenvalue weighted by Crippen LogP contribution is 2.37. The second-order valence-electron chi connectivity index (χ2n) is 6.67. The molecule has 0 amide bonds. The first-order valence-corrected chi connectivity index (χ1v) is 9.21. The second kappa shape index (κ2) is 6.78. The smallest absolute Gasteiger partial charge is 0.0547 e. The van der Waals surface area contributed by atoms with E-state index in [0.29, 0.717) is 11.5 Å². The van der Waals surface area contributed by atoms with Gasteiger partial charge in [-0.15, -0.1) is 11.3 Å². The second-order valence-corrected chi connectivity index (χ2v) is 7.68. The highest BCUT2D eigenvalue weighted by Gasteiger charge is 2.38. The van der Waals surface area contributed by atoms with Crippen molar-refractivity contribution in [2.24, 2.45) is 5.41 Å². The van der Waals surface area contributed by atoms with Crippen LogP contribution in [0, 0.1) is 5.41 Å². The van der Waals surface area contributed by atoms with Crippen molar-refractivity contribution in [2.75, 3.05) is 39.4 Å². The number of hydrogen-bond donors (Lipinski definition) is 1. The Kier molecular flexibility index (Phi) is 4.99. The van der Waals surface area contributed by atoms with E-state index in [1.165, 1.54) is 32.4 Å². The van der Waals surface area contributed by atoms with Crippen LogP contribution in [0.3, 0.4) is 0 Å². The summed E-state index contributed by atoms with van der Waals surface area (Å²) in [5.74, 6) is 0. The number of rotatable bonds is 6. The average molecular weight is 308 g/mol. The molecule has 0 bridgehead atoms. The fourth-order valence-electron chi connectivity index (χ4n) is 3.71. The van der Waals surface area contributed by atoms with E-state index in [2.05, 4.69) is 35.5 Å². The van der Waals surface area contributed by atoms with E-state index >= 15 is 0 Å². The molecule has 2 aliphatic rings. The summed E-state index contributed by atoms with van der Waals surface area (Å²) >= 11 is 1.93. The van der Waals surface area contributed by atoms with Crippen molar-refractivity contribution in [2.45, 2.75) is 39.2 Å². The highest BCUT2D eigenvalue weighted by atomic mass is 32.1. The number of fused-ring (bicyclic) bond motifs is 1. The van der Waals surface area contributed by atoms with Gasteiger partial charge in [0.25, 0.3) is 0 Å². The summed E-state index contributed by atoms with van der Waals surface area (Å²) in [6, 6.07) is 2.88. The maximum absolute atomic E-state index is 5.76. The molecule has 1 saturated heterocycles. The van der Waals surface area contributed by atoms with Crippen LogP contribution >= 0.6 is 11.3 Å². The summed E-state index contributed by atoms with van der Waals surface area (Å²) in [7, 11) is 0. The lowest BCUT2D eigenvalue weighted by Gasteiger charge is -2.40. The summed E-state index contributed by atoms with van der Waals surface area (Å²) in [5.41, 5.74) is 1.87. The standard InChI is InChI=1S/C17H28N2OS/c1-3-7-18-11-17(6-9-20-13-17)12-19-8-4-16-15(14(19)2)5-10-21-16/h5,10,14,18H,3-4,6-9,11-13H2,1-2H3. The minimum absolute atomic E-state index is 0.316. The third-order valence-electron chi connectivity index (χ3n) is 5.05. The van der Waals surface area contributed by atoms with Gasteiger partial charge in [-0.25, -0.2) is 0 Å². The van der Waals surface area contributed by atoms with Gasteiger partial charge in [-0.3, -0.25) is 4.90 Å². The molecule has 0 aliphatic carbocycles. The van der Waals surface area contributed by atoms with E-state index in [1.807, 2.05) is 11.3 Å². The number of thiophene rings is 1. The molecule has 1 fully saturated rings. The van der Waals surface area contributed by atoms with Gasteiger partial charge in [0.05, 0.1) is 6.61 Å². The van der Waals surface area contributed by atoms with Crippen molar-refractivity contribution in [1.82, 2.24) is 10.2 Å². The average Bonchev–Trinajstić information content (AvgIpc) is 3.12. The van der Waals surface area contributed by atoms with E-state index in [4.69, 9.17) is 4.74 Å². The number of hydrogen-bond acceptors (Lipinski definition) is 4. The first-order valence-electron chi connectivity index (χ1n) is 8.33. The van der Waals surface area contributed by atoms with Crippen molar-refractivity contribution in [3.63, 3.8) is 0 Å². The molecule has 0 saturated carbocycles. The molecule has 0 aromatic carbocycles. The predicted molar refractivity (Wildman–Crippen MR) is 89.0 cm³/mol. The van der Waals surface area contributed by atoms with Crippen LogP contribution in [-0.2, 0) is 11.2 Å². The molecule has 3 rings (SSSR count). The zero-order valence-electron chi connectivity index (χ0n) is 13.4. The normalized spacial score (nSPS) is 29.7. The molecule has 0 spiro atoms. The van der Waals surface area contributed by atoms with Crippen LogP contribution in [0.25, 0.3) is 0 Å². The fourth-order valence-corrected chi connectivity index (χ4v) is 4.67. The van der Waals surface area contributed by atoms with Crippen molar-refractivity contribution in [3.8, 4) is 0 Å². The van der Waals surface area contributed by atoms with Gasteiger partial charge in [-0.1, -0.05) is 6.92 Å². The van der Waals surface area contributed by atoms with Gasteiger partial charge in [0.15, 0.2) is 0 Å². The van der Waals surface area contributed by atoms with Crippen molar-refractivity contribution in [1.29, 1.82) is 0 Å². The van der Waals surface area contributed by atoms with Gasteiger partial charge in [0, 0.05) is 42.6 Å². The Morgan fingerprint density at radius 2 is 2.43 bits per heavy atom. The molecule has 2 aliphatic heterocycles. The third kappa shape index (κ3) is 3.34. The van der Waals surface area contributed by atoms with Crippen molar-refractivity contribution < 1.29 is 4.74 Å². The maximum atomic E-state index is 5.76. The lowest BCUT2D eigenvalue weighted by molar-refractivity contribution is 0.0850. The molecule has 4 heteroatoms. The Bertz CT molecular complexity index is 453. The van der Waals surface area contributed by atoms with Crippen LogP contribution in [0.15, 0.2) is 11.4 Å². The molecule has 21 heavy (non-hydrogen) atoms. The number of ether oxygens (including phenoxy) is 1. The SMILES string of the molecule is CCCNCC1(CN2CCc3sccc3C2C)CCOC1. The number of nitrogens with one attached hydrogen (secondary N) is 1. The zero-order chi connectivity index (χ0) is 14.7. The fraction of sp³-hybridized carbons (Fsp3) is 0.765. The molecular weight excluding hydrogens is 280 g/mol. The molecule has 1 aromatic rings. The molecule has 2 unspecified atom stereocenters. The van der Waals surface area contributed by atoms with Gasteiger partial charge in [-0.05, 0) is 49.7 Å². The van der Waals surface area contributed by atoms with Crippen molar-refractivity contribution >= 4 is 11.3 Å². The Morgan fingerprint density at radius 3 is 3.19 bits per heavy atom. The topological polar surface area (TPSA) is 24.5 Å². The number of nitrogens with zero attached hydrogens (tertiary/aromatic N) is 1. The van der Waals surface area contributed by atoms with E-state index < -0.39 is 0 Å². The first-order chi connectivity index (χ1) is 10.2. The van der Waals surface area contributed by atoms with E-state index in [0.717, 1.165) is 26.3 Å². The van der Waals surface area contributed by atoms with Gasteiger partial charge in [0.1, 0.15) is 0 Å². The quantitative estimate of drug-likeness (QED) is 0.817. The zero-order valence-corrected chi connectivity index (χ0v) is 14.2. The maximum Gasteiger partial charge on any atom is 0.0547 e. The van der Waals surface area contributed by atoms with Crippen LogP contribution < -0.4 is 5.32 Å². The Hall–Kier alpha value is -0.420. The molecule has 1 N–H and O–H groups in total. The summed E-state index contributed by atoms with van der Waals surface area (Å²) in [5, 5.41) is 5.88. The highest BCUT2D eigenvalue weighted by molar-refractivity contribution is 7.10. The molecule has 0 radical (unpaired) electrons. The molecule has 3 heterocycles. The van der Waals surface area contributed by atoms with Crippen molar-refractivity contribution in [3.05, 3.63) is 21.9 Å². The third-order valence-corrected chi connectivity index (χ3v) is 6.05. The van der Waals surface area contributed by atoms with Gasteiger partial charge in [-0.2, -0.15) is 0 Å². The molecule has 1 aromatic heterocycles. The van der Waals surface area contributed by atoms with Crippen LogP contribution in [0.2, 0.25) is 0 Å². The summed E-state index contributed by atoms with van der Waals surface area (Å²) in [6.45, 7) is 11.0. The van der Waals surface area contributed by atoms with E-state index in [1.54, 1.807) is 10.4 Å². The van der Waals surface area contributed by atoms with Gasteiger partial charge in [0.2, 0.25) is 0 Å². The van der Waals surface area contributed by atoms with Crippen LogP contribution in [0.5, 0.6) is 0 Å². The minimum Gasteiger partial charge on any atom is -0.381 e. The Morgan fingerprint density at radius 1 is 1.52 bits per heavy atom. The minimum atomic E-state index is 0.316. The van der Waals surface area contributed by atoms with E-state index in [9.17, 15) is 0 Å². The largest absolute Gasteiger partial charge is 0.381 e. The van der Waals surface area contributed by atoms with Gasteiger partial charge >= 0.3 is 0 Å². The first kappa shape index (κ1) is 15.5. The predicted octanol–water partition coefficient (Wildman–Crippen LogP) is 3.07. The summed E-state index contributed by atoms with van der Waals surface area (Å²) in [6.07, 6.45) is 3.62. The summed E-state index contributed by atoms with van der Waals surface area (Å²) in [4.78, 5) is 4.27. The van der Waals surface area contributed by atoms with Crippen LogP contribution in [0.4, 0.5) is 0 Å². The lowest BCUT2D eigenvalue weighted by Crippen LogP contribution is -2.47. The van der Waals surface area contributed by atoms with E-state index in [-0.39, 0.29) is 0 Å². The molecule has 118 valence electrons. The lowest BCUT2D eigenvalue weighted by atomic mass is 9.85. The van der Waals surface area contributed by atoms with Crippen LogP contribution in [0.1, 0.15) is 43.2 Å². The molecule has 3 nitrogen and oxygen atoms in total. The monoisotopic (exact) mass is 308 g/mol. The Labute approximate surface area is 132 Å². The van der Waals surface area contributed by atoms with Gasteiger partial charge < -0.3 is 10.1 Å². The molecular formula is C17H28N2OS. The summed E-state index contributed by atoms with van der Waals surface area (Å²) < 4.78 is 5.76. The molecule has 2 atom stereocenters. The Balaban J connectivity index is 1.66. The van der Waals surface area contributed by atoms with Crippen LogP contribution in [-0.4, -0.2) is 44.3 Å².